The molecule has 6 heteroatoms. The Morgan fingerprint density at radius 1 is 1.09 bits per heavy atom. The number of rotatable bonds is 5. The van der Waals surface area contributed by atoms with E-state index in [2.05, 4.69) is 5.32 Å². The molecule has 1 aromatic carbocycles. The zero-order valence-corrected chi connectivity index (χ0v) is 14.7. The highest BCUT2D eigenvalue weighted by Gasteiger charge is 2.20. The van der Waals surface area contributed by atoms with Crippen molar-refractivity contribution in [3.05, 3.63) is 46.3 Å². The molecule has 122 valence electrons. The van der Waals surface area contributed by atoms with E-state index in [1.54, 1.807) is 25.1 Å². The monoisotopic (exact) mass is 351 g/mol. The summed E-state index contributed by atoms with van der Waals surface area (Å²) in [6.07, 6.45) is -0.828. The third-order valence-corrected chi connectivity index (χ3v) is 4.39. The van der Waals surface area contributed by atoms with Gasteiger partial charge in [0.15, 0.2) is 6.10 Å². The number of hydrogen-bond donors (Lipinski definition) is 1. The first-order valence-electron chi connectivity index (χ1n) is 7.24. The summed E-state index contributed by atoms with van der Waals surface area (Å²) in [4.78, 5) is 25.3. The Kier molecular flexibility index (Phi) is 5.80. The summed E-state index contributed by atoms with van der Waals surface area (Å²) in [5.41, 5.74) is 0.976. The van der Waals surface area contributed by atoms with Crippen LogP contribution in [0.1, 0.15) is 30.4 Å². The molecule has 1 heterocycles. The summed E-state index contributed by atoms with van der Waals surface area (Å²) in [6, 6.07) is 10.9. The lowest BCUT2D eigenvalue weighted by atomic mass is 10.2. The molecule has 4 nitrogen and oxygen atoms in total. The molecule has 0 aliphatic carbocycles. The maximum atomic E-state index is 12.1. The highest BCUT2D eigenvalue weighted by atomic mass is 35.5. The predicted octanol–water partition coefficient (Wildman–Crippen LogP) is 4.14. The first-order valence-corrected chi connectivity index (χ1v) is 8.43. The fraction of sp³-hybridized carbons (Fsp3) is 0.294. The number of hydrogen-bond acceptors (Lipinski definition) is 4. The van der Waals surface area contributed by atoms with Crippen molar-refractivity contribution < 1.29 is 14.3 Å². The molecular weight excluding hydrogens is 334 g/mol. The normalized spacial score (nSPS) is 12.0. The standard InChI is InChI=1S/C17H18ClNO3S/c1-10(2)19-16(20)11(3)22-17(21)15-9-8-14(23-15)12-4-6-13(18)7-5-12/h4-11H,1-3H3,(H,19,20)/t11-/m0/s1. The van der Waals surface area contributed by atoms with Crippen molar-refractivity contribution in [2.45, 2.75) is 32.9 Å². The van der Waals surface area contributed by atoms with E-state index in [1.165, 1.54) is 11.3 Å². The number of nitrogens with one attached hydrogen (secondary N) is 1. The summed E-state index contributed by atoms with van der Waals surface area (Å²) in [7, 11) is 0. The van der Waals surface area contributed by atoms with Gasteiger partial charge >= 0.3 is 5.97 Å². The fourth-order valence-electron chi connectivity index (χ4n) is 1.89. The van der Waals surface area contributed by atoms with E-state index in [9.17, 15) is 9.59 Å². The molecule has 0 radical (unpaired) electrons. The van der Waals surface area contributed by atoms with Crippen LogP contribution in [0.25, 0.3) is 10.4 Å². The van der Waals surface area contributed by atoms with E-state index in [0.29, 0.717) is 9.90 Å². The summed E-state index contributed by atoms with van der Waals surface area (Å²) < 4.78 is 5.21. The van der Waals surface area contributed by atoms with E-state index in [-0.39, 0.29) is 11.9 Å². The summed E-state index contributed by atoms with van der Waals surface area (Å²) in [6.45, 7) is 5.26. The first kappa shape index (κ1) is 17.5. The fourth-order valence-corrected chi connectivity index (χ4v) is 2.91. The topological polar surface area (TPSA) is 55.4 Å². The molecule has 1 atom stereocenters. The molecular formula is C17H18ClNO3S. The Morgan fingerprint density at radius 3 is 2.35 bits per heavy atom. The summed E-state index contributed by atoms with van der Waals surface area (Å²) in [5, 5.41) is 3.37. The van der Waals surface area contributed by atoms with Crippen LogP contribution >= 0.6 is 22.9 Å². The van der Waals surface area contributed by atoms with Crippen molar-refractivity contribution in [2.75, 3.05) is 0 Å². The lowest BCUT2D eigenvalue weighted by Crippen LogP contribution is -2.39. The highest BCUT2D eigenvalue weighted by Crippen LogP contribution is 2.29. The van der Waals surface area contributed by atoms with E-state index < -0.39 is 12.1 Å². The van der Waals surface area contributed by atoms with Crippen molar-refractivity contribution in [1.82, 2.24) is 5.32 Å². The summed E-state index contributed by atoms with van der Waals surface area (Å²) >= 11 is 7.19. The van der Waals surface area contributed by atoms with Crippen molar-refractivity contribution in [3.63, 3.8) is 0 Å². The minimum atomic E-state index is -0.828. The van der Waals surface area contributed by atoms with Gasteiger partial charge in [-0.3, -0.25) is 4.79 Å². The molecule has 0 aliphatic rings. The molecule has 0 spiro atoms. The molecule has 0 bridgehead atoms. The maximum absolute atomic E-state index is 12.1. The highest BCUT2D eigenvalue weighted by molar-refractivity contribution is 7.17. The van der Waals surface area contributed by atoms with E-state index in [4.69, 9.17) is 16.3 Å². The van der Waals surface area contributed by atoms with Crippen LogP contribution in [0.4, 0.5) is 0 Å². The van der Waals surface area contributed by atoms with Gasteiger partial charge in [0.25, 0.3) is 5.91 Å². The maximum Gasteiger partial charge on any atom is 0.349 e. The number of esters is 1. The molecule has 1 aromatic heterocycles. The lowest BCUT2D eigenvalue weighted by Gasteiger charge is -2.14. The van der Waals surface area contributed by atoms with Crippen molar-refractivity contribution in [1.29, 1.82) is 0 Å². The van der Waals surface area contributed by atoms with Crippen LogP contribution < -0.4 is 5.32 Å². The van der Waals surface area contributed by atoms with Crippen LogP contribution in [0, 0.1) is 0 Å². The van der Waals surface area contributed by atoms with Crippen LogP contribution in [0.2, 0.25) is 5.02 Å². The van der Waals surface area contributed by atoms with Gasteiger partial charge in [0.2, 0.25) is 0 Å². The Balaban J connectivity index is 2.03. The molecule has 1 N–H and O–H groups in total. The Hall–Kier alpha value is -1.85. The molecule has 0 saturated carbocycles. The van der Waals surface area contributed by atoms with Crippen LogP contribution in [0.5, 0.6) is 0 Å². The average molecular weight is 352 g/mol. The molecule has 23 heavy (non-hydrogen) atoms. The van der Waals surface area contributed by atoms with Gasteiger partial charge in [-0.25, -0.2) is 4.79 Å². The average Bonchev–Trinajstić information content (AvgIpc) is 2.97. The van der Waals surface area contributed by atoms with Gasteiger partial charge in [-0.05, 0) is 50.6 Å². The third-order valence-electron chi connectivity index (χ3n) is 3.02. The van der Waals surface area contributed by atoms with Gasteiger partial charge < -0.3 is 10.1 Å². The quantitative estimate of drug-likeness (QED) is 0.824. The minimum absolute atomic E-state index is 0.00176. The molecule has 2 aromatic rings. The van der Waals surface area contributed by atoms with Gasteiger partial charge in [-0.1, -0.05) is 23.7 Å². The van der Waals surface area contributed by atoms with E-state index in [1.807, 2.05) is 32.0 Å². The Labute approximate surface area is 144 Å². The molecule has 1 amide bonds. The largest absolute Gasteiger partial charge is 0.448 e. The van der Waals surface area contributed by atoms with Gasteiger partial charge in [-0.2, -0.15) is 0 Å². The van der Waals surface area contributed by atoms with E-state index >= 15 is 0 Å². The molecule has 0 saturated heterocycles. The van der Waals surface area contributed by atoms with Gasteiger partial charge in [-0.15, -0.1) is 11.3 Å². The minimum Gasteiger partial charge on any atom is -0.448 e. The number of thiophene rings is 1. The molecule has 0 aliphatic heterocycles. The van der Waals surface area contributed by atoms with Gasteiger partial charge in [0, 0.05) is 15.9 Å². The van der Waals surface area contributed by atoms with Gasteiger partial charge in [0.05, 0.1) is 0 Å². The second-order valence-corrected chi connectivity index (χ2v) is 6.90. The number of ether oxygens (including phenoxy) is 1. The number of benzene rings is 1. The second kappa shape index (κ2) is 7.62. The number of halogens is 1. The lowest BCUT2D eigenvalue weighted by molar-refractivity contribution is -0.129. The second-order valence-electron chi connectivity index (χ2n) is 5.38. The number of amides is 1. The van der Waals surface area contributed by atoms with Crippen molar-refractivity contribution in [3.8, 4) is 10.4 Å². The van der Waals surface area contributed by atoms with Crippen LogP contribution in [-0.2, 0) is 9.53 Å². The third kappa shape index (κ3) is 4.81. The molecule has 2 rings (SSSR count). The molecule has 0 fully saturated rings. The van der Waals surface area contributed by atoms with Crippen LogP contribution in [0.15, 0.2) is 36.4 Å². The molecule has 0 unspecified atom stereocenters. The zero-order valence-electron chi connectivity index (χ0n) is 13.1. The van der Waals surface area contributed by atoms with E-state index in [0.717, 1.165) is 10.4 Å². The smallest absolute Gasteiger partial charge is 0.349 e. The SMILES string of the molecule is CC(C)NC(=O)[C@H](C)OC(=O)c1ccc(-c2ccc(Cl)cc2)s1. The number of carbonyl (C=O) groups is 2. The van der Waals surface area contributed by atoms with Crippen LogP contribution in [-0.4, -0.2) is 24.0 Å². The van der Waals surface area contributed by atoms with Crippen molar-refractivity contribution in [2.24, 2.45) is 0 Å². The Morgan fingerprint density at radius 2 is 1.74 bits per heavy atom. The first-order chi connectivity index (χ1) is 10.9. The summed E-state index contributed by atoms with van der Waals surface area (Å²) in [5.74, 6) is -0.801. The Bertz CT molecular complexity index is 694. The predicted molar refractivity (Wildman–Crippen MR) is 92.9 cm³/mol. The van der Waals surface area contributed by atoms with Crippen molar-refractivity contribution >= 4 is 34.8 Å². The van der Waals surface area contributed by atoms with Gasteiger partial charge in [0.1, 0.15) is 4.88 Å². The zero-order chi connectivity index (χ0) is 17.0. The van der Waals surface area contributed by atoms with Crippen LogP contribution in [0.3, 0.4) is 0 Å². The number of carbonyl (C=O) groups excluding carboxylic acids is 2.